The predicted octanol–water partition coefficient (Wildman–Crippen LogP) is 2.38. The van der Waals surface area contributed by atoms with Crippen molar-refractivity contribution < 1.29 is 5.11 Å². The van der Waals surface area contributed by atoms with E-state index in [2.05, 4.69) is 50.1 Å². The molecule has 17 heavy (non-hydrogen) atoms. The minimum atomic E-state index is -0.141. The molecular formula is C15H23NO. The van der Waals surface area contributed by atoms with Crippen LogP contribution in [0.3, 0.4) is 0 Å². The third kappa shape index (κ3) is 2.53. The fraction of sp³-hybridized carbons (Fsp3) is 0.600. The molecule has 1 N–H and O–H groups in total. The van der Waals surface area contributed by atoms with E-state index in [1.165, 1.54) is 24.1 Å². The van der Waals surface area contributed by atoms with E-state index < -0.39 is 0 Å². The first-order valence-corrected chi connectivity index (χ1v) is 6.43. The van der Waals surface area contributed by atoms with E-state index in [1.54, 1.807) is 0 Å². The lowest BCUT2D eigenvalue weighted by Crippen LogP contribution is -2.25. The second-order valence-electron chi connectivity index (χ2n) is 5.88. The molecule has 94 valence electrons. The number of hydrogen-bond acceptors (Lipinski definition) is 2. The van der Waals surface area contributed by atoms with Gasteiger partial charge in [0.1, 0.15) is 0 Å². The molecule has 1 aliphatic heterocycles. The van der Waals surface area contributed by atoms with Gasteiger partial charge in [-0.1, -0.05) is 38.1 Å². The third-order valence-corrected chi connectivity index (χ3v) is 3.92. The molecule has 1 aromatic rings. The van der Waals surface area contributed by atoms with Crippen molar-refractivity contribution >= 4 is 0 Å². The third-order valence-electron chi connectivity index (χ3n) is 3.92. The Kier molecular flexibility index (Phi) is 3.55. The van der Waals surface area contributed by atoms with Gasteiger partial charge in [0.2, 0.25) is 0 Å². The summed E-state index contributed by atoms with van der Waals surface area (Å²) in [6.45, 7) is 6.75. The zero-order valence-electron chi connectivity index (χ0n) is 11.1. The van der Waals surface area contributed by atoms with E-state index in [0.717, 1.165) is 6.54 Å². The van der Waals surface area contributed by atoms with Crippen LogP contribution in [-0.4, -0.2) is 36.8 Å². The topological polar surface area (TPSA) is 23.5 Å². The summed E-state index contributed by atoms with van der Waals surface area (Å²) in [5.74, 6) is 0.627. The maximum Gasteiger partial charge on any atom is 0.0522 e. The Labute approximate surface area is 104 Å². The van der Waals surface area contributed by atoms with Crippen LogP contribution in [0.25, 0.3) is 0 Å². The molecule has 0 aromatic heterocycles. The Morgan fingerprint density at radius 3 is 2.65 bits per heavy atom. The number of likely N-dealkylation sites (N-methyl/N-ethyl adjacent to an activating group) is 1. The van der Waals surface area contributed by atoms with Crippen LogP contribution in [0.15, 0.2) is 24.3 Å². The highest BCUT2D eigenvalue weighted by molar-refractivity contribution is 5.36. The van der Waals surface area contributed by atoms with Gasteiger partial charge in [0.15, 0.2) is 0 Å². The van der Waals surface area contributed by atoms with Crippen LogP contribution in [0.4, 0.5) is 0 Å². The average Bonchev–Trinajstić information content (AvgIpc) is 2.76. The lowest BCUT2D eigenvalue weighted by atomic mass is 9.79. The van der Waals surface area contributed by atoms with Crippen molar-refractivity contribution in [2.45, 2.75) is 31.6 Å². The van der Waals surface area contributed by atoms with Crippen molar-refractivity contribution in [2.24, 2.45) is 0 Å². The Bertz CT molecular complexity index is 386. The minimum Gasteiger partial charge on any atom is -0.395 e. The van der Waals surface area contributed by atoms with E-state index in [0.29, 0.717) is 5.92 Å². The lowest BCUT2D eigenvalue weighted by molar-refractivity contribution is 0.217. The summed E-state index contributed by atoms with van der Waals surface area (Å²) in [6, 6.07) is 8.60. The maximum absolute atomic E-state index is 9.56. The quantitative estimate of drug-likeness (QED) is 0.866. The van der Waals surface area contributed by atoms with Gasteiger partial charge in [-0.05, 0) is 37.1 Å². The Morgan fingerprint density at radius 2 is 2.06 bits per heavy atom. The van der Waals surface area contributed by atoms with Crippen molar-refractivity contribution in [3.63, 3.8) is 0 Å². The van der Waals surface area contributed by atoms with Crippen LogP contribution in [0.5, 0.6) is 0 Å². The number of rotatable bonds is 3. The van der Waals surface area contributed by atoms with Gasteiger partial charge in [0.25, 0.3) is 0 Å². The molecule has 1 heterocycles. The summed E-state index contributed by atoms with van der Waals surface area (Å²) in [5, 5.41) is 9.56. The molecule has 1 saturated heterocycles. The highest BCUT2D eigenvalue weighted by Gasteiger charge is 2.28. The molecule has 0 saturated carbocycles. The molecule has 2 nitrogen and oxygen atoms in total. The standard InChI is InChI=1S/C15H23NO/c1-15(2,11-17)14-7-5-4-6-13(14)12-8-9-16(3)10-12/h4-7,12,17H,8-11H2,1-3H3. The fourth-order valence-corrected chi connectivity index (χ4v) is 2.74. The van der Waals surface area contributed by atoms with E-state index in [4.69, 9.17) is 0 Å². The van der Waals surface area contributed by atoms with Gasteiger partial charge in [-0.15, -0.1) is 0 Å². The van der Waals surface area contributed by atoms with Crippen molar-refractivity contribution in [1.29, 1.82) is 0 Å². The summed E-state index contributed by atoms with van der Waals surface area (Å²) in [4.78, 5) is 2.38. The zero-order chi connectivity index (χ0) is 12.5. The van der Waals surface area contributed by atoms with Gasteiger partial charge < -0.3 is 10.0 Å². The average molecular weight is 233 g/mol. The first kappa shape index (κ1) is 12.6. The van der Waals surface area contributed by atoms with E-state index in [-0.39, 0.29) is 12.0 Å². The van der Waals surface area contributed by atoms with Gasteiger partial charge in [-0.25, -0.2) is 0 Å². The summed E-state index contributed by atoms with van der Waals surface area (Å²) in [7, 11) is 2.18. The molecule has 1 fully saturated rings. The number of likely N-dealkylation sites (tertiary alicyclic amines) is 1. The van der Waals surface area contributed by atoms with Crippen LogP contribution in [0.1, 0.15) is 37.3 Å². The summed E-state index contributed by atoms with van der Waals surface area (Å²) in [5.41, 5.74) is 2.59. The summed E-state index contributed by atoms with van der Waals surface area (Å²) in [6.07, 6.45) is 1.23. The highest BCUT2D eigenvalue weighted by atomic mass is 16.3. The van der Waals surface area contributed by atoms with Gasteiger partial charge in [0, 0.05) is 12.0 Å². The van der Waals surface area contributed by atoms with E-state index in [1.807, 2.05) is 0 Å². The molecule has 0 radical (unpaired) electrons. The zero-order valence-corrected chi connectivity index (χ0v) is 11.1. The van der Waals surface area contributed by atoms with Gasteiger partial charge >= 0.3 is 0 Å². The summed E-state index contributed by atoms with van der Waals surface area (Å²) < 4.78 is 0. The Morgan fingerprint density at radius 1 is 1.35 bits per heavy atom. The monoisotopic (exact) mass is 233 g/mol. The number of hydrogen-bond donors (Lipinski definition) is 1. The smallest absolute Gasteiger partial charge is 0.0522 e. The normalized spacial score (nSPS) is 22.0. The lowest BCUT2D eigenvalue weighted by Gasteiger charge is -2.27. The minimum absolute atomic E-state index is 0.141. The van der Waals surface area contributed by atoms with Crippen molar-refractivity contribution in [3.8, 4) is 0 Å². The van der Waals surface area contributed by atoms with Gasteiger partial charge in [-0.2, -0.15) is 0 Å². The van der Waals surface area contributed by atoms with Gasteiger partial charge in [-0.3, -0.25) is 0 Å². The van der Waals surface area contributed by atoms with Crippen molar-refractivity contribution in [1.82, 2.24) is 4.90 Å². The molecule has 2 rings (SSSR count). The fourth-order valence-electron chi connectivity index (χ4n) is 2.74. The molecule has 1 atom stereocenters. The molecule has 0 spiro atoms. The number of aliphatic hydroxyl groups is 1. The van der Waals surface area contributed by atoms with E-state index in [9.17, 15) is 5.11 Å². The van der Waals surface area contributed by atoms with Crippen LogP contribution >= 0.6 is 0 Å². The van der Waals surface area contributed by atoms with Gasteiger partial charge in [0.05, 0.1) is 6.61 Å². The van der Waals surface area contributed by atoms with E-state index >= 15 is 0 Å². The molecule has 0 bridgehead atoms. The number of aliphatic hydroxyl groups excluding tert-OH is 1. The second-order valence-corrected chi connectivity index (χ2v) is 5.88. The molecule has 0 amide bonds. The molecule has 2 heteroatoms. The van der Waals surface area contributed by atoms with Crippen LogP contribution in [0, 0.1) is 0 Å². The SMILES string of the molecule is CN1CCC(c2ccccc2C(C)(C)CO)C1. The largest absolute Gasteiger partial charge is 0.395 e. The first-order valence-electron chi connectivity index (χ1n) is 6.43. The molecule has 1 aliphatic rings. The Balaban J connectivity index is 2.34. The molecule has 0 aliphatic carbocycles. The maximum atomic E-state index is 9.56. The highest BCUT2D eigenvalue weighted by Crippen LogP contribution is 2.34. The summed E-state index contributed by atoms with van der Waals surface area (Å²) >= 11 is 0. The first-order chi connectivity index (χ1) is 8.04. The van der Waals surface area contributed by atoms with Crippen LogP contribution in [-0.2, 0) is 5.41 Å². The molecular weight excluding hydrogens is 210 g/mol. The van der Waals surface area contributed by atoms with Crippen molar-refractivity contribution in [3.05, 3.63) is 35.4 Å². The second kappa shape index (κ2) is 4.79. The number of benzene rings is 1. The molecule has 1 aromatic carbocycles. The predicted molar refractivity (Wildman–Crippen MR) is 71.4 cm³/mol. The Hall–Kier alpha value is -0.860. The van der Waals surface area contributed by atoms with Crippen LogP contribution in [0.2, 0.25) is 0 Å². The number of nitrogens with zero attached hydrogens (tertiary/aromatic N) is 1. The molecule has 1 unspecified atom stereocenters. The van der Waals surface area contributed by atoms with Crippen molar-refractivity contribution in [2.75, 3.05) is 26.7 Å². The van der Waals surface area contributed by atoms with Crippen LogP contribution < -0.4 is 0 Å².